The highest BCUT2D eigenvalue weighted by molar-refractivity contribution is 5.90. The van der Waals surface area contributed by atoms with E-state index in [1.165, 1.54) is 12.8 Å². The van der Waals surface area contributed by atoms with Gasteiger partial charge in [0.15, 0.2) is 0 Å². The first-order valence-electron chi connectivity index (χ1n) is 15.7. The lowest BCUT2D eigenvalue weighted by Gasteiger charge is -2.44. The summed E-state index contributed by atoms with van der Waals surface area (Å²) in [6.07, 6.45) is 5.33. The van der Waals surface area contributed by atoms with Crippen molar-refractivity contribution in [2.24, 2.45) is 5.92 Å². The summed E-state index contributed by atoms with van der Waals surface area (Å²) in [6, 6.07) is 25.2. The fourth-order valence-electron chi connectivity index (χ4n) is 6.69. The summed E-state index contributed by atoms with van der Waals surface area (Å²) in [5.41, 5.74) is 0.494. The molecular formula is C37H48N2O6. The largest absolute Gasteiger partial charge is 0.489 e. The SMILES string of the molecule is C.CC(Cc1ccc(OCc2ccccc2)cc1)(NC(=O)OC12CCCC(CCC1)C2)C(=O)NC(CO)C(O)c1ccccc1. The van der Waals surface area contributed by atoms with Crippen molar-refractivity contribution in [2.45, 2.75) is 95.6 Å². The number of alkyl carbamates (subject to hydrolysis) is 1. The van der Waals surface area contributed by atoms with E-state index in [4.69, 9.17) is 9.47 Å². The van der Waals surface area contributed by atoms with E-state index in [2.05, 4.69) is 10.6 Å². The van der Waals surface area contributed by atoms with Gasteiger partial charge in [-0.3, -0.25) is 4.79 Å². The van der Waals surface area contributed by atoms with Crippen molar-refractivity contribution in [3.8, 4) is 5.75 Å². The van der Waals surface area contributed by atoms with Gasteiger partial charge < -0.3 is 30.3 Å². The van der Waals surface area contributed by atoms with Crippen LogP contribution >= 0.6 is 0 Å². The Labute approximate surface area is 267 Å². The molecule has 0 aromatic heterocycles. The zero-order valence-electron chi connectivity index (χ0n) is 25.4. The number of hydrogen-bond acceptors (Lipinski definition) is 6. The van der Waals surface area contributed by atoms with Gasteiger partial charge in [0.05, 0.1) is 12.6 Å². The highest BCUT2D eigenvalue weighted by Gasteiger charge is 2.44. The second-order valence-electron chi connectivity index (χ2n) is 12.6. The fraction of sp³-hybridized carbons (Fsp3) is 0.459. The molecule has 3 atom stereocenters. The monoisotopic (exact) mass is 616 g/mol. The lowest BCUT2D eigenvalue weighted by atomic mass is 9.69. The normalized spacial score (nSPS) is 21.6. The Morgan fingerprint density at radius 2 is 1.56 bits per heavy atom. The number of carbonyl (C=O) groups excluding carboxylic acids is 2. The van der Waals surface area contributed by atoms with Crippen LogP contribution in [0.1, 0.15) is 82.1 Å². The molecule has 2 fully saturated rings. The minimum atomic E-state index is -1.44. The average molecular weight is 617 g/mol. The van der Waals surface area contributed by atoms with Crippen LogP contribution in [0.3, 0.4) is 0 Å². The van der Waals surface area contributed by atoms with Crippen molar-refractivity contribution in [1.82, 2.24) is 10.6 Å². The van der Waals surface area contributed by atoms with Crippen molar-refractivity contribution < 1.29 is 29.3 Å². The summed E-state index contributed by atoms with van der Waals surface area (Å²) >= 11 is 0. The molecule has 2 saturated carbocycles. The van der Waals surface area contributed by atoms with E-state index in [0.717, 1.165) is 43.2 Å². The van der Waals surface area contributed by atoms with Crippen molar-refractivity contribution >= 4 is 12.0 Å². The van der Waals surface area contributed by atoms with Crippen LogP contribution in [0.4, 0.5) is 4.79 Å². The zero-order valence-corrected chi connectivity index (χ0v) is 25.4. The molecule has 5 rings (SSSR count). The molecule has 3 aromatic carbocycles. The summed E-state index contributed by atoms with van der Waals surface area (Å²) < 4.78 is 12.0. The Bertz CT molecular complexity index is 1360. The third-order valence-electron chi connectivity index (χ3n) is 9.10. The standard InChI is InChI=1S/C36H44N2O6.CH4/c1-35(33(41)37-31(24-39)32(40)29-14-6-3-7-15-29,38-34(42)44-36-20-8-12-26(23-36)13-9-21-36)22-27-16-18-30(19-17-27)43-25-28-10-4-2-5-11-28;/h2-7,10-11,14-19,26,31-32,39-40H,8-9,12-13,20-25H2,1H3,(H,37,41)(H,38,42);1H4. The van der Waals surface area contributed by atoms with Gasteiger partial charge in [-0.1, -0.05) is 93.1 Å². The van der Waals surface area contributed by atoms with Crippen molar-refractivity contribution in [3.05, 3.63) is 102 Å². The topological polar surface area (TPSA) is 117 Å². The van der Waals surface area contributed by atoms with Crippen LogP contribution in [0.15, 0.2) is 84.9 Å². The van der Waals surface area contributed by atoms with Gasteiger partial charge in [0.25, 0.3) is 0 Å². The number of nitrogens with one attached hydrogen (secondary N) is 2. The Morgan fingerprint density at radius 1 is 0.933 bits per heavy atom. The number of carbonyl (C=O) groups is 2. The van der Waals surface area contributed by atoms with Gasteiger partial charge in [-0.25, -0.2) is 4.79 Å². The van der Waals surface area contributed by atoms with Crippen LogP contribution in [0, 0.1) is 5.92 Å². The molecule has 8 nitrogen and oxygen atoms in total. The maximum Gasteiger partial charge on any atom is 0.408 e. The van der Waals surface area contributed by atoms with E-state index in [1.54, 1.807) is 31.2 Å². The molecule has 0 spiro atoms. The molecule has 3 aromatic rings. The predicted octanol–water partition coefficient (Wildman–Crippen LogP) is 6.25. The summed E-state index contributed by atoms with van der Waals surface area (Å²) in [7, 11) is 0. The predicted molar refractivity (Wildman–Crippen MR) is 175 cm³/mol. The van der Waals surface area contributed by atoms with E-state index >= 15 is 0 Å². The number of aliphatic hydroxyl groups is 2. The third kappa shape index (κ3) is 8.86. The molecule has 0 aliphatic heterocycles. The smallest absolute Gasteiger partial charge is 0.408 e. The van der Waals surface area contributed by atoms with E-state index < -0.39 is 41.9 Å². The number of fused-ring (bicyclic) bond motifs is 2. The van der Waals surface area contributed by atoms with Gasteiger partial charge in [-0.15, -0.1) is 0 Å². The fourth-order valence-corrected chi connectivity index (χ4v) is 6.69. The molecule has 0 heterocycles. The van der Waals surface area contributed by atoms with Crippen LogP contribution in [0.2, 0.25) is 0 Å². The van der Waals surface area contributed by atoms with Crippen molar-refractivity contribution in [3.63, 3.8) is 0 Å². The van der Waals surface area contributed by atoms with Gasteiger partial charge in [0, 0.05) is 6.42 Å². The number of hydrogen-bond donors (Lipinski definition) is 4. The molecule has 2 aliphatic carbocycles. The number of aliphatic hydroxyl groups excluding tert-OH is 2. The Kier molecular flexibility index (Phi) is 11.6. The summed E-state index contributed by atoms with van der Waals surface area (Å²) in [5, 5.41) is 26.7. The Balaban J connectivity index is 0.00000461. The molecular weight excluding hydrogens is 568 g/mol. The van der Waals surface area contributed by atoms with E-state index in [-0.39, 0.29) is 13.8 Å². The molecule has 2 aliphatic rings. The Hall–Kier alpha value is -3.88. The van der Waals surface area contributed by atoms with Crippen LogP contribution in [0.5, 0.6) is 5.75 Å². The molecule has 8 heteroatoms. The molecule has 3 unspecified atom stereocenters. The molecule has 242 valence electrons. The summed E-state index contributed by atoms with van der Waals surface area (Å²) in [6.45, 7) is 1.60. The molecule has 2 amide bonds. The van der Waals surface area contributed by atoms with Crippen LogP contribution in [-0.4, -0.2) is 46.0 Å². The van der Waals surface area contributed by atoms with Crippen molar-refractivity contribution in [1.29, 1.82) is 0 Å². The van der Waals surface area contributed by atoms with E-state index in [1.807, 2.05) is 60.7 Å². The first-order chi connectivity index (χ1) is 21.3. The number of amides is 2. The highest BCUT2D eigenvalue weighted by Crippen LogP contribution is 2.45. The summed E-state index contributed by atoms with van der Waals surface area (Å²) in [5.74, 6) is 0.730. The van der Waals surface area contributed by atoms with Gasteiger partial charge in [0.1, 0.15) is 29.6 Å². The van der Waals surface area contributed by atoms with Crippen molar-refractivity contribution in [2.75, 3.05) is 6.61 Å². The molecule has 45 heavy (non-hydrogen) atoms. The maximum atomic E-state index is 13.9. The number of rotatable bonds is 12. The minimum absolute atomic E-state index is 0. The molecule has 2 bridgehead atoms. The second-order valence-corrected chi connectivity index (χ2v) is 12.6. The lowest BCUT2D eigenvalue weighted by Crippen LogP contribution is -2.61. The number of benzene rings is 3. The van der Waals surface area contributed by atoms with Crippen LogP contribution in [0.25, 0.3) is 0 Å². The minimum Gasteiger partial charge on any atom is -0.489 e. The first kappa shape index (κ1) is 34.0. The van der Waals surface area contributed by atoms with Gasteiger partial charge in [0.2, 0.25) is 5.91 Å². The van der Waals surface area contributed by atoms with Gasteiger partial charge in [-0.05, 0) is 73.8 Å². The lowest BCUT2D eigenvalue weighted by molar-refractivity contribution is -0.129. The molecule has 0 saturated heterocycles. The quantitative estimate of drug-likeness (QED) is 0.191. The zero-order chi connectivity index (χ0) is 31.0. The van der Waals surface area contributed by atoms with Gasteiger partial charge >= 0.3 is 6.09 Å². The summed E-state index contributed by atoms with van der Waals surface area (Å²) in [4.78, 5) is 27.4. The van der Waals surface area contributed by atoms with Gasteiger partial charge in [-0.2, -0.15) is 0 Å². The van der Waals surface area contributed by atoms with Crippen LogP contribution in [-0.2, 0) is 22.6 Å². The number of ether oxygens (including phenoxy) is 2. The molecule has 4 N–H and O–H groups in total. The van der Waals surface area contributed by atoms with E-state index in [0.29, 0.717) is 23.8 Å². The maximum absolute atomic E-state index is 13.9. The molecule has 0 radical (unpaired) electrons. The van der Waals surface area contributed by atoms with Crippen LogP contribution < -0.4 is 15.4 Å². The first-order valence-corrected chi connectivity index (χ1v) is 15.7. The Morgan fingerprint density at radius 3 is 2.18 bits per heavy atom. The second kappa shape index (κ2) is 15.4. The highest BCUT2D eigenvalue weighted by atomic mass is 16.6. The average Bonchev–Trinajstić information content (AvgIpc) is 3.03. The van der Waals surface area contributed by atoms with E-state index in [9.17, 15) is 19.8 Å². The third-order valence-corrected chi connectivity index (χ3v) is 9.10.